The topological polar surface area (TPSA) is 41.5 Å². The summed E-state index contributed by atoms with van der Waals surface area (Å²) in [7, 11) is 0. The van der Waals surface area contributed by atoms with Gasteiger partial charge in [-0.25, -0.2) is 4.39 Å². The third kappa shape index (κ3) is 3.65. The second-order valence-corrected chi connectivity index (χ2v) is 4.89. The van der Waals surface area contributed by atoms with Crippen molar-refractivity contribution in [2.45, 2.75) is 25.0 Å². The molecular weight excluding hydrogens is 257 g/mol. The zero-order chi connectivity index (χ0) is 13.0. The average molecular weight is 274 g/mol. The first-order valence-electron chi connectivity index (χ1n) is 6.11. The highest BCUT2D eigenvalue weighted by atomic mass is 35.5. The predicted octanol–water partition coefficient (Wildman–Crippen LogP) is 2.28. The Balaban J connectivity index is 1.86. The van der Waals surface area contributed by atoms with Crippen molar-refractivity contribution in [1.82, 2.24) is 5.32 Å². The van der Waals surface area contributed by atoms with Crippen molar-refractivity contribution in [1.29, 1.82) is 0 Å². The lowest BCUT2D eigenvalue weighted by molar-refractivity contribution is 0.0724. The molecular formula is C13H17ClFNO2. The van der Waals surface area contributed by atoms with E-state index in [4.69, 9.17) is 16.3 Å². The quantitative estimate of drug-likeness (QED) is 0.884. The van der Waals surface area contributed by atoms with Crippen molar-refractivity contribution in [2.75, 3.05) is 19.8 Å². The molecule has 1 unspecified atom stereocenters. The van der Waals surface area contributed by atoms with Gasteiger partial charge in [0, 0.05) is 25.8 Å². The van der Waals surface area contributed by atoms with Crippen molar-refractivity contribution in [2.24, 2.45) is 0 Å². The number of hydrogen-bond donors (Lipinski definition) is 2. The fraction of sp³-hybridized carbons (Fsp3) is 0.538. The summed E-state index contributed by atoms with van der Waals surface area (Å²) in [6.07, 6.45) is 1.17. The number of benzene rings is 1. The van der Waals surface area contributed by atoms with Crippen molar-refractivity contribution in [3.8, 4) is 0 Å². The zero-order valence-electron chi connectivity index (χ0n) is 10.0. The molecule has 5 heteroatoms. The van der Waals surface area contributed by atoms with E-state index in [1.807, 2.05) is 0 Å². The van der Waals surface area contributed by atoms with Crippen LogP contribution in [0.4, 0.5) is 4.39 Å². The molecule has 1 fully saturated rings. The highest BCUT2D eigenvalue weighted by Gasteiger charge is 2.16. The van der Waals surface area contributed by atoms with Crippen molar-refractivity contribution in [3.63, 3.8) is 0 Å². The van der Waals surface area contributed by atoms with Gasteiger partial charge in [-0.05, 0) is 30.5 Å². The molecule has 1 aliphatic rings. The van der Waals surface area contributed by atoms with E-state index < -0.39 is 11.9 Å². The largest absolute Gasteiger partial charge is 0.387 e. The lowest BCUT2D eigenvalue weighted by Crippen LogP contribution is -2.37. The number of aliphatic hydroxyl groups is 1. The molecule has 1 saturated heterocycles. The molecule has 0 radical (unpaired) electrons. The molecule has 3 nitrogen and oxygen atoms in total. The summed E-state index contributed by atoms with van der Waals surface area (Å²) in [6.45, 7) is 1.92. The van der Waals surface area contributed by atoms with Crippen molar-refractivity contribution >= 4 is 11.6 Å². The van der Waals surface area contributed by atoms with Crippen molar-refractivity contribution in [3.05, 3.63) is 34.6 Å². The minimum atomic E-state index is -0.723. The maximum absolute atomic E-state index is 13.3. The summed E-state index contributed by atoms with van der Waals surface area (Å²) in [5.41, 5.74) is 0.538. The molecule has 18 heavy (non-hydrogen) atoms. The van der Waals surface area contributed by atoms with Gasteiger partial charge in [0.05, 0.1) is 11.1 Å². The fourth-order valence-corrected chi connectivity index (χ4v) is 2.14. The summed E-state index contributed by atoms with van der Waals surface area (Å²) in [4.78, 5) is 0. The van der Waals surface area contributed by atoms with E-state index in [-0.39, 0.29) is 5.02 Å². The smallest absolute Gasteiger partial charge is 0.142 e. The van der Waals surface area contributed by atoms with Gasteiger partial charge in [-0.15, -0.1) is 0 Å². The van der Waals surface area contributed by atoms with E-state index >= 15 is 0 Å². The number of halogens is 2. The highest BCUT2D eigenvalue weighted by molar-refractivity contribution is 6.30. The molecule has 1 atom stereocenters. The van der Waals surface area contributed by atoms with Gasteiger partial charge >= 0.3 is 0 Å². The number of aliphatic hydroxyl groups excluding tert-OH is 1. The van der Waals surface area contributed by atoms with E-state index in [0.29, 0.717) is 18.2 Å². The van der Waals surface area contributed by atoms with E-state index in [1.165, 1.54) is 12.1 Å². The maximum Gasteiger partial charge on any atom is 0.142 e. The number of ether oxygens (including phenoxy) is 1. The standard InChI is InChI=1S/C13H17ClFNO2/c14-11-2-1-9(7-12(11)15)13(17)8-16-10-3-5-18-6-4-10/h1-2,7,10,13,16-17H,3-6,8H2. The Kier molecular flexibility index (Phi) is 4.95. The molecule has 100 valence electrons. The van der Waals surface area contributed by atoms with Crippen LogP contribution >= 0.6 is 11.6 Å². The van der Waals surface area contributed by atoms with Crippen LogP contribution in [0.2, 0.25) is 5.02 Å². The first kappa shape index (κ1) is 13.7. The summed E-state index contributed by atoms with van der Waals surface area (Å²) in [5.74, 6) is -0.501. The molecule has 0 saturated carbocycles. The third-order valence-corrected chi connectivity index (χ3v) is 3.46. The normalized spacial score (nSPS) is 18.8. The van der Waals surface area contributed by atoms with Gasteiger partial charge in [-0.1, -0.05) is 17.7 Å². The van der Waals surface area contributed by atoms with Gasteiger partial charge in [0.25, 0.3) is 0 Å². The van der Waals surface area contributed by atoms with E-state index in [9.17, 15) is 9.50 Å². The van der Waals surface area contributed by atoms with Crippen LogP contribution in [0.5, 0.6) is 0 Å². The van der Waals surface area contributed by atoms with Crippen molar-refractivity contribution < 1.29 is 14.2 Å². The molecule has 1 aromatic carbocycles. The highest BCUT2D eigenvalue weighted by Crippen LogP contribution is 2.20. The zero-order valence-corrected chi connectivity index (χ0v) is 10.8. The average Bonchev–Trinajstić information content (AvgIpc) is 2.40. The van der Waals surface area contributed by atoms with Gasteiger partial charge in [0.15, 0.2) is 0 Å². The van der Waals surface area contributed by atoms with E-state index in [1.54, 1.807) is 6.07 Å². The Morgan fingerprint density at radius 1 is 1.44 bits per heavy atom. The molecule has 0 spiro atoms. The summed E-state index contributed by atoms with van der Waals surface area (Å²) >= 11 is 5.60. The van der Waals surface area contributed by atoms with Gasteiger partial charge in [-0.2, -0.15) is 0 Å². The lowest BCUT2D eigenvalue weighted by Gasteiger charge is -2.24. The summed E-state index contributed by atoms with van der Waals surface area (Å²) < 4.78 is 18.5. The van der Waals surface area contributed by atoms with Gasteiger partial charge in [0.2, 0.25) is 0 Å². The van der Waals surface area contributed by atoms with Crippen LogP contribution in [-0.4, -0.2) is 30.9 Å². The molecule has 0 bridgehead atoms. The first-order valence-corrected chi connectivity index (χ1v) is 6.49. The Morgan fingerprint density at radius 3 is 2.83 bits per heavy atom. The Morgan fingerprint density at radius 2 is 2.17 bits per heavy atom. The number of rotatable bonds is 4. The second kappa shape index (κ2) is 6.48. The van der Waals surface area contributed by atoms with Crippen LogP contribution < -0.4 is 5.32 Å². The first-order chi connectivity index (χ1) is 8.66. The predicted molar refractivity (Wildman–Crippen MR) is 68.2 cm³/mol. The minimum Gasteiger partial charge on any atom is -0.387 e. The van der Waals surface area contributed by atoms with Gasteiger partial charge in [0.1, 0.15) is 5.82 Å². The number of hydrogen-bond acceptors (Lipinski definition) is 3. The van der Waals surface area contributed by atoms with Crippen LogP contribution in [0.1, 0.15) is 24.5 Å². The van der Waals surface area contributed by atoms with Crippen LogP contribution in [0, 0.1) is 5.82 Å². The summed E-state index contributed by atoms with van der Waals surface area (Å²) in [5, 5.41) is 13.3. The monoisotopic (exact) mass is 273 g/mol. The Labute approximate surface area is 111 Å². The molecule has 0 amide bonds. The number of nitrogens with one attached hydrogen (secondary N) is 1. The van der Waals surface area contributed by atoms with Crippen LogP contribution in [-0.2, 0) is 4.74 Å². The van der Waals surface area contributed by atoms with Crippen LogP contribution in [0.15, 0.2) is 18.2 Å². The fourth-order valence-electron chi connectivity index (χ4n) is 2.02. The molecule has 0 aromatic heterocycles. The van der Waals surface area contributed by atoms with E-state index in [0.717, 1.165) is 26.1 Å². The molecule has 1 aliphatic heterocycles. The van der Waals surface area contributed by atoms with Crippen LogP contribution in [0.25, 0.3) is 0 Å². The van der Waals surface area contributed by atoms with E-state index in [2.05, 4.69) is 5.32 Å². The van der Waals surface area contributed by atoms with Gasteiger partial charge in [-0.3, -0.25) is 0 Å². The molecule has 2 N–H and O–H groups in total. The third-order valence-electron chi connectivity index (χ3n) is 3.15. The Hall–Kier alpha value is -0.680. The Bertz CT molecular complexity index is 397. The lowest BCUT2D eigenvalue weighted by atomic mass is 10.1. The van der Waals surface area contributed by atoms with Gasteiger partial charge < -0.3 is 15.2 Å². The second-order valence-electron chi connectivity index (χ2n) is 4.48. The molecule has 1 heterocycles. The SMILES string of the molecule is OC(CNC1CCOCC1)c1ccc(Cl)c(F)c1. The van der Waals surface area contributed by atoms with Crippen LogP contribution in [0.3, 0.4) is 0 Å². The maximum atomic E-state index is 13.3. The molecule has 0 aliphatic carbocycles. The molecule has 1 aromatic rings. The summed E-state index contributed by atoms with van der Waals surface area (Å²) in [6, 6.07) is 4.75. The molecule has 2 rings (SSSR count). The minimum absolute atomic E-state index is 0.0725.